The van der Waals surface area contributed by atoms with E-state index < -0.39 is 0 Å². The topological polar surface area (TPSA) is 66.8 Å². The molecule has 0 aliphatic heterocycles. The van der Waals surface area contributed by atoms with Crippen molar-refractivity contribution >= 4 is 5.97 Å². The van der Waals surface area contributed by atoms with Crippen LogP contribution in [0.4, 0.5) is 0 Å². The summed E-state index contributed by atoms with van der Waals surface area (Å²) in [6, 6.07) is 0. The molecule has 4 nitrogen and oxygen atoms in total. The van der Waals surface area contributed by atoms with Gasteiger partial charge in [0.15, 0.2) is 0 Å². The first-order valence-corrected chi connectivity index (χ1v) is 3.74. The zero-order valence-electron chi connectivity index (χ0n) is 8.54. The molecule has 0 heterocycles. The summed E-state index contributed by atoms with van der Waals surface area (Å²) in [5.74, 6) is -0.273. The Hall–Kier alpha value is 0.104. The van der Waals surface area contributed by atoms with Crippen LogP contribution >= 0.6 is 0 Å². The Labute approximate surface area is 95.2 Å². The largest absolute Gasteiger partial charge is 0.499 e. The molecule has 0 saturated carbocycles. The minimum atomic E-state index is -0.273. The fourth-order valence-electron chi connectivity index (χ4n) is 0.144. The number of hydrogen-bond acceptors (Lipinski definition) is 4. The molecule has 0 unspecified atom stereocenters. The van der Waals surface area contributed by atoms with Crippen LogP contribution in [0.5, 0.6) is 0 Å². The van der Waals surface area contributed by atoms with Crippen molar-refractivity contribution in [3.8, 4) is 0 Å². The number of ether oxygens (including phenoxy) is 1. The third-order valence-corrected chi connectivity index (χ3v) is 0.305. The van der Waals surface area contributed by atoms with E-state index in [-0.39, 0.29) is 47.5 Å². The number of rotatable bonds is 1. The fraction of sp³-hybridized carbons (Fsp3) is 0.750. The Kier molecular flexibility index (Phi) is 52.7. The van der Waals surface area contributed by atoms with Crippen LogP contribution < -0.4 is 0 Å². The molecule has 2 N–H and O–H groups in total. The first-order chi connectivity index (χ1) is 5.60. The summed E-state index contributed by atoms with van der Waals surface area (Å²) in [6.07, 6.45) is 0. The Bertz CT molecular complexity index is 76.5. The molecule has 0 aliphatic carbocycles. The van der Waals surface area contributed by atoms with Gasteiger partial charge >= 0.3 is 0 Å². The predicted molar refractivity (Wildman–Crippen MR) is 47.5 cm³/mol. The van der Waals surface area contributed by atoms with Crippen molar-refractivity contribution in [2.75, 3.05) is 19.8 Å². The van der Waals surface area contributed by atoms with Crippen molar-refractivity contribution in [2.45, 2.75) is 20.8 Å². The predicted octanol–water partition coefficient (Wildman–Crippen LogP) is 0.378. The molecule has 0 rings (SSSR count). The third-order valence-electron chi connectivity index (χ3n) is 0.305. The number of carbonyl (C=O) groups is 1. The van der Waals surface area contributed by atoms with Gasteiger partial charge in [-0.15, -0.1) is 0 Å². The molecule has 0 aromatic rings. The summed E-state index contributed by atoms with van der Waals surface area (Å²) in [4.78, 5) is 9.78. The number of aliphatic hydroxyl groups is 2. The molecule has 0 aromatic heterocycles. The molecule has 0 aliphatic rings. The van der Waals surface area contributed by atoms with E-state index in [1.165, 1.54) is 6.92 Å². The van der Waals surface area contributed by atoms with Gasteiger partial charge in [0.25, 0.3) is 5.97 Å². The van der Waals surface area contributed by atoms with E-state index in [9.17, 15) is 4.79 Å². The first kappa shape index (κ1) is 23.2. The number of esters is 1. The third kappa shape index (κ3) is 128. The Morgan fingerprint density at radius 1 is 1.31 bits per heavy atom. The molecule has 0 amide bonds. The van der Waals surface area contributed by atoms with E-state index in [0.29, 0.717) is 0 Å². The van der Waals surface area contributed by atoms with Gasteiger partial charge in [-0.3, -0.25) is 4.79 Å². The van der Waals surface area contributed by atoms with Crippen molar-refractivity contribution in [2.24, 2.45) is 0 Å². The summed E-state index contributed by atoms with van der Waals surface area (Å²) in [5, 5.41) is 15.1. The molecular weight excluding hydrogens is 208 g/mol. The van der Waals surface area contributed by atoms with Gasteiger partial charge in [-0.05, 0) is 20.5 Å². The summed E-state index contributed by atoms with van der Waals surface area (Å²) >= 11 is 0. The van der Waals surface area contributed by atoms with Gasteiger partial charge in [-0.2, -0.15) is 0 Å². The maximum atomic E-state index is 9.78. The Balaban J connectivity index is -0.0000000501. The van der Waals surface area contributed by atoms with Crippen LogP contribution in [0.15, 0.2) is 0 Å². The van der Waals surface area contributed by atoms with E-state index in [2.05, 4.69) is 11.7 Å². The van der Waals surface area contributed by atoms with E-state index in [1.54, 1.807) is 13.8 Å². The van der Waals surface area contributed by atoms with Crippen molar-refractivity contribution in [3.63, 3.8) is 0 Å². The first-order valence-electron chi connectivity index (χ1n) is 3.74. The SMILES string of the molecule is CCO.CCO.[CH2-]COC(C)=O.[Ti]. The molecule has 0 fully saturated rings. The maximum Gasteiger partial charge on any atom is 0.299 e. The van der Waals surface area contributed by atoms with Gasteiger partial charge in [0.1, 0.15) is 0 Å². The fourth-order valence-corrected chi connectivity index (χ4v) is 0.144. The van der Waals surface area contributed by atoms with Crippen LogP contribution in [0, 0.1) is 6.92 Å². The second-order valence-corrected chi connectivity index (χ2v) is 1.47. The van der Waals surface area contributed by atoms with Crippen molar-refractivity contribution < 1.29 is 41.5 Å². The molecule has 0 atom stereocenters. The van der Waals surface area contributed by atoms with E-state index in [0.717, 1.165) is 0 Å². The van der Waals surface area contributed by atoms with Gasteiger partial charge < -0.3 is 21.9 Å². The van der Waals surface area contributed by atoms with Crippen molar-refractivity contribution in [3.05, 3.63) is 6.92 Å². The van der Waals surface area contributed by atoms with Gasteiger partial charge in [0.2, 0.25) is 0 Å². The molecule has 0 radical (unpaired) electrons. The standard InChI is InChI=1S/C4H7O2.2C2H6O.Ti/c1-3-6-4(2)5;2*1-2-3;/h1,3H2,2H3;2*3H,2H2,1H3;/q-1;;;. The van der Waals surface area contributed by atoms with Gasteiger partial charge in [0.05, 0.1) is 0 Å². The molecule has 80 valence electrons. The molecule has 5 heteroatoms. The minimum Gasteiger partial charge on any atom is -0.499 e. The van der Waals surface area contributed by atoms with Crippen LogP contribution in [0.2, 0.25) is 0 Å². The summed E-state index contributed by atoms with van der Waals surface area (Å²) in [5.41, 5.74) is 0. The average molecular weight is 227 g/mol. The normalized spacial score (nSPS) is 6.31. The van der Waals surface area contributed by atoms with Gasteiger partial charge in [0, 0.05) is 41.9 Å². The van der Waals surface area contributed by atoms with Crippen LogP contribution in [0.25, 0.3) is 0 Å². The molecule has 0 bridgehead atoms. The van der Waals surface area contributed by atoms with Crippen LogP contribution in [-0.2, 0) is 31.2 Å². The maximum absolute atomic E-state index is 9.78. The van der Waals surface area contributed by atoms with Crippen molar-refractivity contribution in [1.82, 2.24) is 0 Å². The summed E-state index contributed by atoms with van der Waals surface area (Å²) in [6.45, 7) is 8.73. The second-order valence-electron chi connectivity index (χ2n) is 1.47. The smallest absolute Gasteiger partial charge is 0.299 e. The molecule has 13 heavy (non-hydrogen) atoms. The molecule has 0 aromatic carbocycles. The van der Waals surface area contributed by atoms with E-state index in [4.69, 9.17) is 10.2 Å². The van der Waals surface area contributed by atoms with E-state index in [1.807, 2.05) is 0 Å². The Morgan fingerprint density at radius 2 is 1.54 bits per heavy atom. The summed E-state index contributed by atoms with van der Waals surface area (Å²) in [7, 11) is 0. The molecule has 0 spiro atoms. The monoisotopic (exact) mass is 227 g/mol. The van der Waals surface area contributed by atoms with Gasteiger partial charge in [-0.25, -0.2) is 0 Å². The zero-order chi connectivity index (χ0) is 10.4. The van der Waals surface area contributed by atoms with Crippen LogP contribution in [0.3, 0.4) is 0 Å². The zero-order valence-corrected chi connectivity index (χ0v) is 10.1. The van der Waals surface area contributed by atoms with Crippen molar-refractivity contribution in [1.29, 1.82) is 0 Å². The number of carbonyl (C=O) groups excluding carboxylic acids is 1. The number of aliphatic hydroxyl groups excluding tert-OH is 2. The summed E-state index contributed by atoms with van der Waals surface area (Å²) < 4.78 is 4.29. The van der Waals surface area contributed by atoms with Crippen LogP contribution in [-0.4, -0.2) is 36.0 Å². The van der Waals surface area contributed by atoms with Crippen LogP contribution in [0.1, 0.15) is 20.8 Å². The quantitative estimate of drug-likeness (QED) is 0.386. The average Bonchev–Trinajstić information content (AvgIpc) is 1.89. The van der Waals surface area contributed by atoms with E-state index >= 15 is 0 Å². The minimum absolute atomic E-state index is 0. The number of hydrogen-bond donors (Lipinski definition) is 2. The Morgan fingerprint density at radius 3 is 1.54 bits per heavy atom. The molecular formula is C8H19O4Ti-. The molecule has 0 saturated heterocycles. The second kappa shape index (κ2) is 29.6. The van der Waals surface area contributed by atoms with Gasteiger partial charge in [-0.1, -0.05) is 0 Å².